The van der Waals surface area contributed by atoms with Crippen LogP contribution >= 0.6 is 11.8 Å². The Morgan fingerprint density at radius 2 is 2.07 bits per heavy atom. The zero-order chi connectivity index (χ0) is 21.0. The van der Waals surface area contributed by atoms with E-state index in [1.54, 1.807) is 6.92 Å². The number of carbonyl (C=O) groups excluding carboxylic acids is 1. The van der Waals surface area contributed by atoms with Crippen molar-refractivity contribution in [2.45, 2.75) is 19.1 Å². The van der Waals surface area contributed by atoms with Gasteiger partial charge in [0, 0.05) is 23.4 Å². The van der Waals surface area contributed by atoms with Crippen LogP contribution in [-0.2, 0) is 4.79 Å². The SMILES string of the molecule is COc1cc(NC(=O)CSc2nnc(-c3cccc(C)c3)o2)c(C)cc1[N+](=O)[O-]. The van der Waals surface area contributed by atoms with E-state index in [9.17, 15) is 14.9 Å². The Balaban J connectivity index is 1.64. The standard InChI is InChI=1S/C19H18N4O5S/c1-11-5-4-6-13(7-11)18-21-22-19(28-18)29-10-17(24)20-14-9-16(27-3)15(23(25)26)8-12(14)2/h4-9H,10H2,1-3H3,(H,20,24). The minimum atomic E-state index is -0.533. The van der Waals surface area contributed by atoms with Crippen molar-refractivity contribution in [2.75, 3.05) is 18.2 Å². The molecule has 0 bridgehead atoms. The lowest BCUT2D eigenvalue weighted by Gasteiger charge is -2.10. The van der Waals surface area contributed by atoms with Gasteiger partial charge in [0.2, 0.25) is 11.8 Å². The maximum atomic E-state index is 12.3. The number of rotatable bonds is 7. The molecule has 0 aliphatic rings. The third-order valence-electron chi connectivity index (χ3n) is 3.99. The number of anilines is 1. The van der Waals surface area contributed by atoms with Crippen molar-refractivity contribution >= 4 is 29.0 Å². The second-order valence-corrected chi connectivity index (χ2v) is 7.10. The highest BCUT2D eigenvalue weighted by molar-refractivity contribution is 7.99. The summed E-state index contributed by atoms with van der Waals surface area (Å²) in [6.45, 7) is 3.64. The fraction of sp³-hybridized carbons (Fsp3) is 0.211. The summed E-state index contributed by atoms with van der Waals surface area (Å²) < 4.78 is 10.6. The minimum absolute atomic E-state index is 0.0359. The van der Waals surface area contributed by atoms with E-state index in [1.807, 2.05) is 31.2 Å². The number of ether oxygens (including phenoxy) is 1. The molecule has 3 aromatic rings. The normalized spacial score (nSPS) is 10.6. The van der Waals surface area contributed by atoms with Crippen molar-refractivity contribution in [3.05, 3.63) is 57.6 Å². The summed E-state index contributed by atoms with van der Waals surface area (Å²) in [6.07, 6.45) is 0. The van der Waals surface area contributed by atoms with E-state index in [1.165, 1.54) is 19.2 Å². The molecule has 0 radical (unpaired) electrons. The van der Waals surface area contributed by atoms with E-state index in [0.29, 0.717) is 17.1 Å². The minimum Gasteiger partial charge on any atom is -0.490 e. The van der Waals surface area contributed by atoms with Crippen molar-refractivity contribution in [3.8, 4) is 17.2 Å². The van der Waals surface area contributed by atoms with Crippen LogP contribution in [0.5, 0.6) is 5.75 Å². The van der Waals surface area contributed by atoms with E-state index in [2.05, 4.69) is 15.5 Å². The van der Waals surface area contributed by atoms with Gasteiger partial charge in [-0.2, -0.15) is 0 Å². The van der Waals surface area contributed by atoms with Crippen LogP contribution in [0, 0.1) is 24.0 Å². The number of thioether (sulfide) groups is 1. The Labute approximate surface area is 170 Å². The third-order valence-corrected chi connectivity index (χ3v) is 4.81. The highest BCUT2D eigenvalue weighted by Crippen LogP contribution is 2.33. The molecule has 0 spiro atoms. The van der Waals surface area contributed by atoms with Gasteiger partial charge < -0.3 is 14.5 Å². The number of nitrogens with one attached hydrogen (secondary N) is 1. The number of carbonyl (C=O) groups is 1. The molecule has 0 unspecified atom stereocenters. The molecule has 0 aliphatic heterocycles. The number of hydrogen-bond donors (Lipinski definition) is 1. The molecule has 9 nitrogen and oxygen atoms in total. The number of hydrogen-bond acceptors (Lipinski definition) is 8. The molecule has 2 aromatic carbocycles. The number of amides is 1. The topological polar surface area (TPSA) is 120 Å². The van der Waals surface area contributed by atoms with Gasteiger partial charge in [-0.25, -0.2) is 0 Å². The Hall–Kier alpha value is -3.40. The lowest BCUT2D eigenvalue weighted by Crippen LogP contribution is -2.15. The van der Waals surface area contributed by atoms with Crippen LogP contribution < -0.4 is 10.1 Å². The zero-order valence-corrected chi connectivity index (χ0v) is 16.8. The second-order valence-electron chi connectivity index (χ2n) is 6.18. The number of nitro benzene ring substituents is 1. The van der Waals surface area contributed by atoms with E-state index >= 15 is 0 Å². The summed E-state index contributed by atoms with van der Waals surface area (Å²) >= 11 is 1.10. The Kier molecular flexibility index (Phi) is 6.13. The summed E-state index contributed by atoms with van der Waals surface area (Å²) in [5.74, 6) is 0.175. The fourth-order valence-corrected chi connectivity index (χ4v) is 3.15. The molecule has 10 heteroatoms. The average molecular weight is 414 g/mol. The van der Waals surface area contributed by atoms with Crippen LogP contribution in [-0.4, -0.2) is 33.9 Å². The van der Waals surface area contributed by atoms with Crippen LogP contribution in [0.4, 0.5) is 11.4 Å². The monoisotopic (exact) mass is 414 g/mol. The van der Waals surface area contributed by atoms with Crippen LogP contribution in [0.2, 0.25) is 0 Å². The highest BCUT2D eigenvalue weighted by Gasteiger charge is 2.19. The number of nitro groups is 1. The van der Waals surface area contributed by atoms with E-state index in [-0.39, 0.29) is 28.3 Å². The first-order valence-corrected chi connectivity index (χ1v) is 9.52. The van der Waals surface area contributed by atoms with E-state index < -0.39 is 4.92 Å². The van der Waals surface area contributed by atoms with Crippen molar-refractivity contribution < 1.29 is 18.9 Å². The molecule has 0 saturated heterocycles. The summed E-state index contributed by atoms with van der Waals surface area (Å²) in [4.78, 5) is 22.8. The maximum Gasteiger partial charge on any atom is 0.311 e. The maximum absolute atomic E-state index is 12.3. The average Bonchev–Trinajstić information content (AvgIpc) is 3.16. The Morgan fingerprint density at radius 1 is 1.28 bits per heavy atom. The van der Waals surface area contributed by atoms with Crippen LogP contribution in [0.3, 0.4) is 0 Å². The molecule has 0 atom stereocenters. The molecule has 150 valence electrons. The first-order valence-electron chi connectivity index (χ1n) is 8.53. The van der Waals surface area contributed by atoms with Gasteiger partial charge in [0.05, 0.1) is 17.8 Å². The molecular weight excluding hydrogens is 396 g/mol. The zero-order valence-electron chi connectivity index (χ0n) is 16.0. The predicted octanol–water partition coefficient (Wildman–Crippen LogP) is 4.00. The quantitative estimate of drug-likeness (QED) is 0.350. The van der Waals surface area contributed by atoms with Crippen molar-refractivity contribution in [2.24, 2.45) is 0 Å². The van der Waals surface area contributed by atoms with Crippen molar-refractivity contribution in [1.29, 1.82) is 0 Å². The van der Waals surface area contributed by atoms with Gasteiger partial charge in [-0.05, 0) is 31.5 Å². The van der Waals surface area contributed by atoms with Gasteiger partial charge in [0.15, 0.2) is 5.75 Å². The van der Waals surface area contributed by atoms with Crippen LogP contribution in [0.15, 0.2) is 46.0 Å². The molecule has 0 saturated carbocycles. The second kappa shape index (κ2) is 8.74. The Bertz CT molecular complexity index is 1070. The molecule has 0 aliphatic carbocycles. The summed E-state index contributed by atoms with van der Waals surface area (Å²) in [7, 11) is 1.33. The van der Waals surface area contributed by atoms with Crippen LogP contribution in [0.25, 0.3) is 11.5 Å². The molecule has 3 rings (SSSR count). The first kappa shape index (κ1) is 20.3. The van der Waals surface area contributed by atoms with Gasteiger partial charge >= 0.3 is 5.69 Å². The molecular formula is C19H18N4O5S. The predicted molar refractivity (Wildman–Crippen MR) is 108 cm³/mol. The van der Waals surface area contributed by atoms with Crippen molar-refractivity contribution in [3.63, 3.8) is 0 Å². The molecule has 1 N–H and O–H groups in total. The van der Waals surface area contributed by atoms with E-state index in [0.717, 1.165) is 22.9 Å². The van der Waals surface area contributed by atoms with Crippen molar-refractivity contribution in [1.82, 2.24) is 10.2 Å². The van der Waals surface area contributed by atoms with Crippen LogP contribution in [0.1, 0.15) is 11.1 Å². The number of aromatic nitrogens is 2. The number of aryl methyl sites for hydroxylation is 2. The summed E-state index contributed by atoms with van der Waals surface area (Å²) in [5.41, 5.74) is 2.71. The lowest BCUT2D eigenvalue weighted by molar-refractivity contribution is -0.385. The molecule has 1 amide bonds. The van der Waals surface area contributed by atoms with Gasteiger partial charge in [-0.1, -0.05) is 29.5 Å². The fourth-order valence-electron chi connectivity index (χ4n) is 2.59. The smallest absolute Gasteiger partial charge is 0.311 e. The van der Waals surface area contributed by atoms with Gasteiger partial charge in [-0.3, -0.25) is 14.9 Å². The summed E-state index contributed by atoms with van der Waals surface area (Å²) in [5, 5.41) is 22.0. The van der Waals surface area contributed by atoms with Gasteiger partial charge in [-0.15, -0.1) is 10.2 Å². The van der Waals surface area contributed by atoms with E-state index in [4.69, 9.17) is 9.15 Å². The molecule has 0 fully saturated rings. The third kappa shape index (κ3) is 4.91. The number of methoxy groups -OCH3 is 1. The number of benzene rings is 2. The lowest BCUT2D eigenvalue weighted by atomic mass is 10.1. The molecule has 1 aromatic heterocycles. The number of nitrogens with zero attached hydrogens (tertiary/aromatic N) is 3. The van der Waals surface area contributed by atoms with Gasteiger partial charge in [0.1, 0.15) is 0 Å². The first-order chi connectivity index (χ1) is 13.9. The highest BCUT2D eigenvalue weighted by atomic mass is 32.2. The largest absolute Gasteiger partial charge is 0.490 e. The molecule has 29 heavy (non-hydrogen) atoms. The van der Waals surface area contributed by atoms with Gasteiger partial charge in [0.25, 0.3) is 5.22 Å². The molecule has 1 heterocycles. The summed E-state index contributed by atoms with van der Waals surface area (Å²) in [6, 6.07) is 10.4. The Morgan fingerprint density at radius 3 is 2.76 bits per heavy atom.